The summed E-state index contributed by atoms with van der Waals surface area (Å²) in [6, 6.07) is 3.71. The third-order valence-electron chi connectivity index (χ3n) is 1.72. The summed E-state index contributed by atoms with van der Waals surface area (Å²) in [5.74, 6) is 0. The van der Waals surface area contributed by atoms with Crippen molar-refractivity contribution >= 4 is 27.5 Å². The van der Waals surface area contributed by atoms with Gasteiger partial charge in [-0.05, 0) is 17.7 Å². The van der Waals surface area contributed by atoms with E-state index in [1.54, 1.807) is 0 Å². The average molecular weight is 298 g/mol. The number of hydrogen-bond acceptors (Lipinski definition) is 1. The monoisotopic (exact) mass is 297 g/mol. The molecule has 1 nitrogen and oxygen atoms in total. The Morgan fingerprint density at radius 1 is 1.40 bits per heavy atom. The van der Waals surface area contributed by atoms with Crippen LogP contribution >= 0.6 is 27.5 Å². The predicted octanol–water partition coefficient (Wildman–Crippen LogP) is 4.13. The molecule has 0 saturated heterocycles. The van der Waals surface area contributed by atoms with Gasteiger partial charge in [0, 0.05) is 5.33 Å². The van der Waals surface area contributed by atoms with Gasteiger partial charge in [0.25, 0.3) is 0 Å². The molecule has 0 aromatic heterocycles. The molecule has 80 valence electrons. The van der Waals surface area contributed by atoms with E-state index in [1.807, 2.05) is 0 Å². The van der Waals surface area contributed by atoms with E-state index in [-0.39, 0.29) is 10.4 Å². The Morgan fingerprint density at radius 2 is 2.00 bits per heavy atom. The Kier molecular flexibility index (Phi) is 3.63. The zero-order valence-corrected chi connectivity index (χ0v) is 9.54. The Hall–Kier alpha value is -0.730. The van der Waals surface area contributed by atoms with Gasteiger partial charge in [-0.15, -0.1) is 0 Å². The first-order valence-electron chi connectivity index (χ1n) is 3.76. The topological polar surface area (TPSA) is 23.8 Å². The molecule has 0 heterocycles. The van der Waals surface area contributed by atoms with Crippen molar-refractivity contribution < 1.29 is 13.2 Å². The molecule has 0 bridgehead atoms. The van der Waals surface area contributed by atoms with Gasteiger partial charge in [-0.2, -0.15) is 18.4 Å². The lowest BCUT2D eigenvalue weighted by atomic mass is 10.0. The van der Waals surface area contributed by atoms with Crippen LogP contribution in [0.4, 0.5) is 13.2 Å². The van der Waals surface area contributed by atoms with Crippen LogP contribution in [0.5, 0.6) is 0 Å². The number of benzene rings is 1. The summed E-state index contributed by atoms with van der Waals surface area (Å²) in [5.41, 5.74) is -1.15. The van der Waals surface area contributed by atoms with Gasteiger partial charge in [-0.1, -0.05) is 27.5 Å². The highest BCUT2D eigenvalue weighted by Crippen LogP contribution is 2.35. The molecule has 0 radical (unpaired) electrons. The fraction of sp³-hybridized carbons (Fsp3) is 0.222. The van der Waals surface area contributed by atoms with E-state index in [0.717, 1.165) is 6.07 Å². The lowest BCUT2D eigenvalue weighted by molar-refractivity contribution is -0.137. The molecular weight excluding hydrogens is 294 g/mol. The van der Waals surface area contributed by atoms with E-state index in [1.165, 1.54) is 12.1 Å². The van der Waals surface area contributed by atoms with E-state index in [9.17, 15) is 13.2 Å². The minimum atomic E-state index is -4.56. The first-order chi connectivity index (χ1) is 6.90. The van der Waals surface area contributed by atoms with Gasteiger partial charge >= 0.3 is 6.18 Å². The van der Waals surface area contributed by atoms with Gasteiger partial charge in [0.2, 0.25) is 0 Å². The van der Waals surface area contributed by atoms with Gasteiger partial charge < -0.3 is 0 Å². The Bertz CT molecular complexity index is 423. The van der Waals surface area contributed by atoms with Crippen molar-refractivity contribution in [2.24, 2.45) is 0 Å². The summed E-state index contributed by atoms with van der Waals surface area (Å²) in [6.07, 6.45) is -4.56. The summed E-state index contributed by atoms with van der Waals surface area (Å²) in [6.45, 7) is 0. The summed E-state index contributed by atoms with van der Waals surface area (Å²) in [7, 11) is 0. The zero-order chi connectivity index (χ0) is 11.6. The van der Waals surface area contributed by atoms with Crippen LogP contribution in [0.2, 0.25) is 5.02 Å². The van der Waals surface area contributed by atoms with Crippen LogP contribution in [-0.2, 0) is 11.5 Å². The second kappa shape index (κ2) is 4.42. The van der Waals surface area contributed by atoms with Crippen molar-refractivity contribution in [1.82, 2.24) is 0 Å². The molecule has 1 aromatic rings. The van der Waals surface area contributed by atoms with Crippen LogP contribution in [0.15, 0.2) is 12.1 Å². The van der Waals surface area contributed by atoms with Crippen molar-refractivity contribution in [3.05, 3.63) is 33.8 Å². The van der Waals surface area contributed by atoms with Crippen molar-refractivity contribution in [2.75, 3.05) is 0 Å². The van der Waals surface area contributed by atoms with Gasteiger partial charge in [-0.3, -0.25) is 0 Å². The van der Waals surface area contributed by atoms with E-state index in [0.29, 0.717) is 5.56 Å². The largest absolute Gasteiger partial charge is 0.417 e. The fourth-order valence-electron chi connectivity index (χ4n) is 1.08. The molecule has 0 saturated carbocycles. The molecule has 1 aromatic carbocycles. The highest BCUT2D eigenvalue weighted by molar-refractivity contribution is 9.08. The number of nitrogens with zero attached hydrogens (tertiary/aromatic N) is 1. The van der Waals surface area contributed by atoms with Crippen molar-refractivity contribution in [2.45, 2.75) is 11.5 Å². The molecular formula is C9H4BrClF3N. The maximum atomic E-state index is 12.5. The lowest BCUT2D eigenvalue weighted by Gasteiger charge is -2.11. The number of alkyl halides is 4. The first kappa shape index (κ1) is 12.3. The molecule has 0 unspecified atom stereocenters. The standard InChI is InChI=1S/C9H4BrClF3N/c10-3-5-1-7(9(12,13)14)6(4-15)8(11)2-5/h1-2H,3H2. The number of hydrogen-bond donors (Lipinski definition) is 0. The predicted molar refractivity (Wildman–Crippen MR) is 53.8 cm³/mol. The Morgan fingerprint density at radius 3 is 2.40 bits per heavy atom. The highest BCUT2D eigenvalue weighted by Gasteiger charge is 2.34. The third-order valence-corrected chi connectivity index (χ3v) is 2.67. The van der Waals surface area contributed by atoms with Crippen LogP contribution < -0.4 is 0 Å². The van der Waals surface area contributed by atoms with E-state index < -0.39 is 17.3 Å². The highest BCUT2D eigenvalue weighted by atomic mass is 79.9. The van der Waals surface area contributed by atoms with E-state index >= 15 is 0 Å². The SMILES string of the molecule is N#Cc1c(Cl)cc(CBr)cc1C(F)(F)F. The lowest BCUT2D eigenvalue weighted by Crippen LogP contribution is -2.09. The normalized spacial score (nSPS) is 11.2. The number of nitriles is 1. The summed E-state index contributed by atoms with van der Waals surface area (Å²) in [4.78, 5) is 0. The Labute approximate surface area is 97.6 Å². The second-order valence-corrected chi connectivity index (χ2v) is 3.71. The van der Waals surface area contributed by atoms with Crippen LogP contribution in [0.3, 0.4) is 0 Å². The quantitative estimate of drug-likeness (QED) is 0.715. The van der Waals surface area contributed by atoms with Crippen molar-refractivity contribution in [1.29, 1.82) is 5.26 Å². The molecule has 0 aliphatic carbocycles. The third kappa shape index (κ3) is 2.64. The minimum absolute atomic E-state index is 0.179. The van der Waals surface area contributed by atoms with Crippen LogP contribution in [-0.4, -0.2) is 0 Å². The van der Waals surface area contributed by atoms with Crippen LogP contribution in [0, 0.1) is 11.3 Å². The van der Waals surface area contributed by atoms with Gasteiger partial charge in [0.1, 0.15) is 6.07 Å². The second-order valence-electron chi connectivity index (χ2n) is 2.74. The fourth-order valence-corrected chi connectivity index (χ4v) is 1.69. The summed E-state index contributed by atoms with van der Waals surface area (Å²) < 4.78 is 37.5. The van der Waals surface area contributed by atoms with E-state index in [4.69, 9.17) is 16.9 Å². The molecule has 15 heavy (non-hydrogen) atoms. The van der Waals surface area contributed by atoms with E-state index in [2.05, 4.69) is 15.9 Å². The molecule has 0 atom stereocenters. The summed E-state index contributed by atoms with van der Waals surface area (Å²) in [5, 5.41) is 8.65. The summed E-state index contributed by atoms with van der Waals surface area (Å²) >= 11 is 8.61. The first-order valence-corrected chi connectivity index (χ1v) is 5.25. The van der Waals surface area contributed by atoms with Crippen molar-refractivity contribution in [3.63, 3.8) is 0 Å². The van der Waals surface area contributed by atoms with Crippen LogP contribution in [0.25, 0.3) is 0 Å². The molecule has 1 rings (SSSR count). The van der Waals surface area contributed by atoms with Gasteiger partial charge in [0.15, 0.2) is 0 Å². The smallest absolute Gasteiger partial charge is 0.192 e. The number of halogens is 5. The van der Waals surface area contributed by atoms with Gasteiger partial charge in [0.05, 0.1) is 16.1 Å². The molecule has 0 N–H and O–H groups in total. The van der Waals surface area contributed by atoms with Crippen LogP contribution in [0.1, 0.15) is 16.7 Å². The molecule has 6 heteroatoms. The Balaban J connectivity index is 3.48. The average Bonchev–Trinajstić information content (AvgIpc) is 2.15. The molecule has 0 aliphatic rings. The maximum Gasteiger partial charge on any atom is 0.417 e. The molecule has 0 spiro atoms. The molecule has 0 amide bonds. The zero-order valence-electron chi connectivity index (χ0n) is 7.20. The van der Waals surface area contributed by atoms with Crippen molar-refractivity contribution in [3.8, 4) is 6.07 Å². The molecule has 0 fully saturated rings. The van der Waals surface area contributed by atoms with Gasteiger partial charge in [-0.25, -0.2) is 0 Å². The number of rotatable bonds is 1. The molecule has 0 aliphatic heterocycles. The maximum absolute atomic E-state index is 12.5. The minimum Gasteiger partial charge on any atom is -0.192 e.